The predicted octanol–water partition coefficient (Wildman–Crippen LogP) is 2.88. The Labute approximate surface area is 120 Å². The number of nitrogens with zero attached hydrogens (tertiary/aromatic N) is 1. The standard InChI is InChI=1S/C16H23NO3/c1-12(2)15-7-4-8-17(15)9-10-20-14-6-3-5-13(11-14)16(18)19/h3,5-6,11-12,15H,4,7-10H2,1-2H3,(H,18,19). The number of rotatable bonds is 6. The second-order valence-electron chi connectivity index (χ2n) is 5.67. The molecule has 1 aromatic carbocycles. The van der Waals surface area contributed by atoms with Crippen LogP contribution in [0.2, 0.25) is 0 Å². The minimum absolute atomic E-state index is 0.267. The molecule has 0 radical (unpaired) electrons. The van der Waals surface area contributed by atoms with Gasteiger partial charge in [-0.2, -0.15) is 0 Å². The molecule has 1 heterocycles. The molecule has 20 heavy (non-hydrogen) atoms. The first-order valence-electron chi connectivity index (χ1n) is 7.28. The Morgan fingerprint density at radius 2 is 2.30 bits per heavy atom. The third-order valence-electron chi connectivity index (χ3n) is 3.91. The van der Waals surface area contributed by atoms with Gasteiger partial charge in [-0.3, -0.25) is 4.90 Å². The van der Waals surface area contributed by atoms with Crippen molar-refractivity contribution in [2.24, 2.45) is 5.92 Å². The average Bonchev–Trinajstić information content (AvgIpc) is 2.87. The number of carbonyl (C=O) groups is 1. The summed E-state index contributed by atoms with van der Waals surface area (Å²) in [5, 5.41) is 8.94. The van der Waals surface area contributed by atoms with Crippen molar-refractivity contribution in [2.75, 3.05) is 19.7 Å². The van der Waals surface area contributed by atoms with Crippen LogP contribution >= 0.6 is 0 Å². The Morgan fingerprint density at radius 3 is 3.00 bits per heavy atom. The Kier molecular flexibility index (Phi) is 5.01. The maximum atomic E-state index is 10.9. The topological polar surface area (TPSA) is 49.8 Å². The van der Waals surface area contributed by atoms with E-state index < -0.39 is 5.97 Å². The molecule has 0 saturated carbocycles. The molecule has 1 unspecified atom stereocenters. The summed E-state index contributed by atoms with van der Waals surface area (Å²) in [6.45, 7) is 7.17. The summed E-state index contributed by atoms with van der Waals surface area (Å²) in [5.41, 5.74) is 0.267. The summed E-state index contributed by atoms with van der Waals surface area (Å²) in [6.07, 6.45) is 2.53. The molecule has 4 nitrogen and oxygen atoms in total. The van der Waals surface area contributed by atoms with Gasteiger partial charge in [0.25, 0.3) is 0 Å². The van der Waals surface area contributed by atoms with Gasteiger partial charge in [0.15, 0.2) is 0 Å². The molecule has 1 aromatic rings. The lowest BCUT2D eigenvalue weighted by Gasteiger charge is -2.27. The van der Waals surface area contributed by atoms with Crippen LogP contribution in [0.1, 0.15) is 37.0 Å². The highest BCUT2D eigenvalue weighted by molar-refractivity contribution is 5.87. The highest BCUT2D eigenvalue weighted by Gasteiger charge is 2.26. The van der Waals surface area contributed by atoms with Gasteiger partial charge in [-0.15, -0.1) is 0 Å². The van der Waals surface area contributed by atoms with Crippen molar-refractivity contribution >= 4 is 5.97 Å². The zero-order valence-corrected chi connectivity index (χ0v) is 12.2. The fourth-order valence-electron chi connectivity index (χ4n) is 2.88. The Morgan fingerprint density at radius 1 is 1.50 bits per heavy atom. The third kappa shape index (κ3) is 3.73. The van der Waals surface area contributed by atoms with Crippen LogP contribution in [-0.2, 0) is 0 Å². The molecule has 0 bridgehead atoms. The molecule has 4 heteroatoms. The summed E-state index contributed by atoms with van der Waals surface area (Å²) < 4.78 is 5.68. The van der Waals surface area contributed by atoms with E-state index in [1.54, 1.807) is 24.3 Å². The van der Waals surface area contributed by atoms with Crippen molar-refractivity contribution in [3.05, 3.63) is 29.8 Å². The maximum Gasteiger partial charge on any atom is 0.335 e. The molecule has 1 aliphatic rings. The Hall–Kier alpha value is -1.55. The monoisotopic (exact) mass is 277 g/mol. The lowest BCUT2D eigenvalue weighted by molar-refractivity contribution is 0.0696. The van der Waals surface area contributed by atoms with Crippen molar-refractivity contribution in [3.63, 3.8) is 0 Å². The van der Waals surface area contributed by atoms with E-state index in [0.717, 1.165) is 13.1 Å². The van der Waals surface area contributed by atoms with Gasteiger partial charge >= 0.3 is 5.97 Å². The molecule has 1 aliphatic heterocycles. The van der Waals surface area contributed by atoms with Gasteiger partial charge in [-0.05, 0) is 43.5 Å². The van der Waals surface area contributed by atoms with Crippen LogP contribution in [0.5, 0.6) is 5.75 Å². The number of ether oxygens (including phenoxy) is 1. The van der Waals surface area contributed by atoms with E-state index in [1.807, 2.05) is 0 Å². The minimum Gasteiger partial charge on any atom is -0.492 e. The first kappa shape index (κ1) is 14.9. The summed E-state index contributed by atoms with van der Waals surface area (Å²) in [4.78, 5) is 13.4. The number of benzene rings is 1. The number of carboxylic acids is 1. The molecule has 0 amide bonds. The first-order valence-corrected chi connectivity index (χ1v) is 7.28. The highest BCUT2D eigenvalue weighted by atomic mass is 16.5. The predicted molar refractivity (Wildman–Crippen MR) is 78.3 cm³/mol. The van der Waals surface area contributed by atoms with Crippen molar-refractivity contribution < 1.29 is 14.6 Å². The molecular weight excluding hydrogens is 254 g/mol. The van der Waals surface area contributed by atoms with Crippen molar-refractivity contribution in [3.8, 4) is 5.75 Å². The van der Waals surface area contributed by atoms with E-state index in [2.05, 4.69) is 18.7 Å². The number of aromatic carboxylic acids is 1. The molecule has 1 atom stereocenters. The van der Waals surface area contributed by atoms with Crippen LogP contribution in [0.15, 0.2) is 24.3 Å². The van der Waals surface area contributed by atoms with Crippen LogP contribution in [0.25, 0.3) is 0 Å². The van der Waals surface area contributed by atoms with Gasteiger partial charge in [-0.1, -0.05) is 19.9 Å². The second-order valence-corrected chi connectivity index (χ2v) is 5.67. The maximum absolute atomic E-state index is 10.9. The largest absolute Gasteiger partial charge is 0.492 e. The van der Waals surface area contributed by atoms with Gasteiger partial charge in [0, 0.05) is 12.6 Å². The number of likely N-dealkylation sites (tertiary alicyclic amines) is 1. The van der Waals surface area contributed by atoms with E-state index in [1.165, 1.54) is 12.8 Å². The SMILES string of the molecule is CC(C)C1CCCN1CCOc1cccc(C(=O)O)c1. The quantitative estimate of drug-likeness (QED) is 0.868. The van der Waals surface area contributed by atoms with Crippen LogP contribution in [-0.4, -0.2) is 41.7 Å². The summed E-state index contributed by atoms with van der Waals surface area (Å²) in [7, 11) is 0. The van der Waals surface area contributed by atoms with E-state index in [0.29, 0.717) is 24.3 Å². The third-order valence-corrected chi connectivity index (χ3v) is 3.91. The molecule has 0 aromatic heterocycles. The summed E-state index contributed by atoms with van der Waals surface area (Å²) in [5.74, 6) is 0.382. The summed E-state index contributed by atoms with van der Waals surface area (Å²) in [6, 6.07) is 7.32. The van der Waals surface area contributed by atoms with Crippen LogP contribution in [0.4, 0.5) is 0 Å². The van der Waals surface area contributed by atoms with Gasteiger partial charge in [-0.25, -0.2) is 4.79 Å². The smallest absolute Gasteiger partial charge is 0.335 e. The zero-order valence-electron chi connectivity index (χ0n) is 12.2. The van der Waals surface area contributed by atoms with Gasteiger partial charge in [0.05, 0.1) is 5.56 Å². The van der Waals surface area contributed by atoms with Crippen LogP contribution in [0.3, 0.4) is 0 Å². The molecule has 1 saturated heterocycles. The molecule has 0 spiro atoms. The van der Waals surface area contributed by atoms with Gasteiger partial charge in [0.1, 0.15) is 12.4 Å². The van der Waals surface area contributed by atoms with Crippen molar-refractivity contribution in [1.82, 2.24) is 4.90 Å². The van der Waals surface area contributed by atoms with E-state index in [4.69, 9.17) is 9.84 Å². The molecule has 1 fully saturated rings. The first-order chi connectivity index (χ1) is 9.58. The van der Waals surface area contributed by atoms with Crippen molar-refractivity contribution in [1.29, 1.82) is 0 Å². The Balaban J connectivity index is 1.84. The van der Waals surface area contributed by atoms with E-state index in [-0.39, 0.29) is 5.56 Å². The van der Waals surface area contributed by atoms with Crippen LogP contribution < -0.4 is 4.74 Å². The highest BCUT2D eigenvalue weighted by Crippen LogP contribution is 2.23. The summed E-state index contributed by atoms with van der Waals surface area (Å²) >= 11 is 0. The van der Waals surface area contributed by atoms with Crippen LogP contribution in [0, 0.1) is 5.92 Å². The molecule has 110 valence electrons. The van der Waals surface area contributed by atoms with Gasteiger partial charge in [0.2, 0.25) is 0 Å². The molecular formula is C16H23NO3. The van der Waals surface area contributed by atoms with E-state index >= 15 is 0 Å². The Bertz CT molecular complexity index is 459. The molecule has 2 rings (SSSR count). The lowest BCUT2D eigenvalue weighted by Crippen LogP contribution is -2.36. The number of carboxylic acid groups (broad SMARTS) is 1. The number of hydrogen-bond donors (Lipinski definition) is 1. The molecule has 0 aliphatic carbocycles. The number of hydrogen-bond acceptors (Lipinski definition) is 3. The zero-order chi connectivity index (χ0) is 14.5. The van der Waals surface area contributed by atoms with Crippen molar-refractivity contribution in [2.45, 2.75) is 32.7 Å². The second kappa shape index (κ2) is 6.75. The fourth-order valence-corrected chi connectivity index (χ4v) is 2.88. The van der Waals surface area contributed by atoms with Gasteiger partial charge < -0.3 is 9.84 Å². The minimum atomic E-state index is -0.921. The fraction of sp³-hybridized carbons (Fsp3) is 0.562. The average molecular weight is 277 g/mol. The lowest BCUT2D eigenvalue weighted by atomic mass is 10.0. The van der Waals surface area contributed by atoms with E-state index in [9.17, 15) is 4.79 Å². The molecule has 1 N–H and O–H groups in total. The normalized spacial score (nSPS) is 19.4.